The molecule has 0 saturated heterocycles. The van der Waals surface area contributed by atoms with Gasteiger partial charge in [0.2, 0.25) is 5.91 Å². The van der Waals surface area contributed by atoms with Gasteiger partial charge in [0.1, 0.15) is 5.75 Å². The van der Waals surface area contributed by atoms with E-state index < -0.39 is 0 Å². The first-order chi connectivity index (χ1) is 10.2. The van der Waals surface area contributed by atoms with Crippen LogP contribution in [0.3, 0.4) is 0 Å². The molecule has 0 radical (unpaired) electrons. The maximum atomic E-state index is 11.8. The molecule has 0 aliphatic rings. The van der Waals surface area contributed by atoms with Crippen molar-refractivity contribution in [1.29, 1.82) is 0 Å². The molecule has 0 fully saturated rings. The van der Waals surface area contributed by atoms with Crippen LogP contribution < -0.4 is 10.1 Å². The molecule has 2 rings (SSSR count). The van der Waals surface area contributed by atoms with Gasteiger partial charge in [-0.3, -0.25) is 4.79 Å². The average Bonchev–Trinajstić information content (AvgIpc) is 2.90. The maximum absolute atomic E-state index is 11.8. The molecule has 1 aromatic heterocycles. The van der Waals surface area contributed by atoms with Gasteiger partial charge >= 0.3 is 0 Å². The van der Waals surface area contributed by atoms with Gasteiger partial charge < -0.3 is 10.1 Å². The van der Waals surface area contributed by atoms with Crippen molar-refractivity contribution in [3.63, 3.8) is 0 Å². The highest BCUT2D eigenvalue weighted by atomic mass is 79.9. The normalized spacial score (nSPS) is 10.8. The molecule has 0 bridgehead atoms. The molecule has 0 atom stereocenters. The van der Waals surface area contributed by atoms with Gasteiger partial charge in [-0.15, -0.1) is 11.3 Å². The SMILES string of the molecule is CCOc1ccccc1CNC(=O)C=Cc1ccc(Br)s1. The van der Waals surface area contributed by atoms with Gasteiger partial charge in [-0.2, -0.15) is 0 Å². The minimum atomic E-state index is -0.120. The van der Waals surface area contributed by atoms with Gasteiger partial charge in [-0.05, 0) is 47.1 Å². The Bertz CT molecular complexity index is 637. The molecule has 3 nitrogen and oxygen atoms in total. The predicted octanol–water partition coefficient (Wildman–Crippen LogP) is 4.24. The highest BCUT2D eigenvalue weighted by molar-refractivity contribution is 9.11. The van der Waals surface area contributed by atoms with Gasteiger partial charge in [-0.1, -0.05) is 18.2 Å². The summed E-state index contributed by atoms with van der Waals surface area (Å²) in [6, 6.07) is 11.6. The molecular formula is C16H16BrNO2S. The van der Waals surface area contributed by atoms with E-state index in [2.05, 4.69) is 21.2 Å². The highest BCUT2D eigenvalue weighted by Gasteiger charge is 2.03. The first kappa shape index (κ1) is 15.8. The minimum absolute atomic E-state index is 0.120. The summed E-state index contributed by atoms with van der Waals surface area (Å²) in [5.41, 5.74) is 0.972. The molecule has 1 amide bonds. The average molecular weight is 366 g/mol. The third kappa shape index (κ3) is 5.02. The molecular weight excluding hydrogens is 350 g/mol. The molecule has 110 valence electrons. The number of ether oxygens (including phenoxy) is 1. The minimum Gasteiger partial charge on any atom is -0.494 e. The van der Waals surface area contributed by atoms with Crippen LogP contribution in [0, 0.1) is 0 Å². The van der Waals surface area contributed by atoms with E-state index in [4.69, 9.17) is 4.74 Å². The fourth-order valence-electron chi connectivity index (χ4n) is 1.76. The smallest absolute Gasteiger partial charge is 0.244 e. The summed E-state index contributed by atoms with van der Waals surface area (Å²) < 4.78 is 6.58. The number of para-hydroxylation sites is 1. The number of hydrogen-bond donors (Lipinski definition) is 1. The fourth-order valence-corrected chi connectivity index (χ4v) is 3.09. The lowest BCUT2D eigenvalue weighted by Gasteiger charge is -2.09. The van der Waals surface area contributed by atoms with E-state index in [-0.39, 0.29) is 5.91 Å². The van der Waals surface area contributed by atoms with Gasteiger partial charge in [0.05, 0.1) is 10.4 Å². The monoisotopic (exact) mass is 365 g/mol. The lowest BCUT2D eigenvalue weighted by atomic mass is 10.2. The molecule has 1 heterocycles. The molecule has 0 saturated carbocycles. The van der Waals surface area contributed by atoms with E-state index in [1.54, 1.807) is 23.5 Å². The molecule has 2 aromatic rings. The largest absolute Gasteiger partial charge is 0.494 e. The van der Waals surface area contributed by atoms with Crippen LogP contribution in [0.2, 0.25) is 0 Å². The van der Waals surface area contributed by atoms with E-state index in [1.165, 1.54) is 0 Å². The molecule has 0 aliphatic carbocycles. The third-order valence-electron chi connectivity index (χ3n) is 2.72. The van der Waals surface area contributed by atoms with Crippen LogP contribution in [0.5, 0.6) is 5.75 Å². The first-order valence-corrected chi connectivity index (χ1v) is 8.22. The Balaban J connectivity index is 1.90. The van der Waals surface area contributed by atoms with E-state index >= 15 is 0 Å². The van der Waals surface area contributed by atoms with E-state index in [0.29, 0.717) is 13.2 Å². The first-order valence-electron chi connectivity index (χ1n) is 6.61. The Hall–Kier alpha value is -1.59. The van der Waals surface area contributed by atoms with Crippen molar-refractivity contribution < 1.29 is 9.53 Å². The van der Waals surface area contributed by atoms with Crippen LogP contribution in [0.25, 0.3) is 6.08 Å². The summed E-state index contributed by atoms with van der Waals surface area (Å²) in [5.74, 6) is 0.692. The number of carbonyl (C=O) groups excluding carboxylic acids is 1. The van der Waals surface area contributed by atoms with Gasteiger partial charge in [0, 0.05) is 23.1 Å². The van der Waals surface area contributed by atoms with Crippen LogP contribution in [0.4, 0.5) is 0 Å². The van der Waals surface area contributed by atoms with Gasteiger partial charge in [0.15, 0.2) is 0 Å². The zero-order valence-electron chi connectivity index (χ0n) is 11.6. The van der Waals surface area contributed by atoms with E-state index in [9.17, 15) is 4.79 Å². The van der Waals surface area contributed by atoms with Crippen LogP contribution in [0.1, 0.15) is 17.4 Å². The second-order valence-electron chi connectivity index (χ2n) is 4.23. The summed E-state index contributed by atoms with van der Waals surface area (Å²) in [4.78, 5) is 12.9. The second kappa shape index (κ2) is 8.00. The molecule has 1 N–H and O–H groups in total. The maximum Gasteiger partial charge on any atom is 0.244 e. The van der Waals surface area contributed by atoms with Crippen molar-refractivity contribution >= 4 is 39.2 Å². The van der Waals surface area contributed by atoms with Crippen molar-refractivity contribution in [2.75, 3.05) is 6.61 Å². The van der Waals surface area contributed by atoms with E-state index in [1.807, 2.05) is 43.3 Å². The summed E-state index contributed by atoms with van der Waals surface area (Å²) in [5, 5.41) is 2.86. The molecule has 5 heteroatoms. The van der Waals surface area contributed by atoms with Crippen molar-refractivity contribution in [2.45, 2.75) is 13.5 Å². The third-order valence-corrected chi connectivity index (χ3v) is 4.31. The quantitative estimate of drug-likeness (QED) is 0.777. The van der Waals surface area contributed by atoms with Crippen molar-refractivity contribution in [3.05, 3.63) is 56.7 Å². The summed E-state index contributed by atoms with van der Waals surface area (Å²) in [6.45, 7) is 3.00. The Kier molecular flexibility index (Phi) is 6.02. The fraction of sp³-hybridized carbons (Fsp3) is 0.188. The Morgan fingerprint density at radius 2 is 2.14 bits per heavy atom. The molecule has 0 spiro atoms. The standard InChI is InChI=1S/C16H16BrNO2S/c1-2-20-14-6-4-3-5-12(14)11-18-16(19)10-8-13-7-9-15(17)21-13/h3-10H,2,11H2,1H3,(H,18,19). The van der Waals surface area contributed by atoms with Crippen molar-refractivity contribution in [1.82, 2.24) is 5.32 Å². The van der Waals surface area contributed by atoms with Crippen molar-refractivity contribution in [3.8, 4) is 5.75 Å². The van der Waals surface area contributed by atoms with Crippen molar-refractivity contribution in [2.24, 2.45) is 0 Å². The summed E-state index contributed by atoms with van der Waals surface area (Å²) >= 11 is 4.98. The number of nitrogens with one attached hydrogen (secondary N) is 1. The summed E-state index contributed by atoms with van der Waals surface area (Å²) in [7, 11) is 0. The van der Waals surface area contributed by atoms with Gasteiger partial charge in [0.25, 0.3) is 0 Å². The number of thiophene rings is 1. The lowest BCUT2D eigenvalue weighted by Crippen LogP contribution is -2.20. The lowest BCUT2D eigenvalue weighted by molar-refractivity contribution is -0.116. The Morgan fingerprint density at radius 1 is 1.33 bits per heavy atom. The number of carbonyl (C=O) groups is 1. The number of benzene rings is 1. The molecule has 0 unspecified atom stereocenters. The topological polar surface area (TPSA) is 38.3 Å². The van der Waals surface area contributed by atoms with Crippen LogP contribution in [-0.4, -0.2) is 12.5 Å². The summed E-state index contributed by atoms with van der Waals surface area (Å²) in [6.07, 6.45) is 3.35. The molecule has 0 aliphatic heterocycles. The van der Waals surface area contributed by atoms with Crippen LogP contribution >= 0.6 is 27.3 Å². The van der Waals surface area contributed by atoms with Crippen LogP contribution in [0.15, 0.2) is 46.3 Å². The number of rotatable bonds is 6. The Morgan fingerprint density at radius 3 is 2.86 bits per heavy atom. The molecule has 21 heavy (non-hydrogen) atoms. The van der Waals surface area contributed by atoms with Crippen LogP contribution in [-0.2, 0) is 11.3 Å². The zero-order chi connectivity index (χ0) is 15.1. The molecule has 1 aromatic carbocycles. The van der Waals surface area contributed by atoms with E-state index in [0.717, 1.165) is 20.0 Å². The number of amides is 1. The second-order valence-corrected chi connectivity index (χ2v) is 6.73. The zero-order valence-corrected chi connectivity index (χ0v) is 14.0. The van der Waals surface area contributed by atoms with Gasteiger partial charge in [-0.25, -0.2) is 0 Å². The Labute approximate surface area is 136 Å². The number of hydrogen-bond acceptors (Lipinski definition) is 3. The number of halogens is 1. The predicted molar refractivity (Wildman–Crippen MR) is 90.5 cm³/mol. The highest BCUT2D eigenvalue weighted by Crippen LogP contribution is 2.23.